The van der Waals surface area contributed by atoms with Crippen LogP contribution in [0.1, 0.15) is 101 Å². The van der Waals surface area contributed by atoms with Crippen LogP contribution in [0.3, 0.4) is 0 Å². The van der Waals surface area contributed by atoms with Crippen LogP contribution in [0.2, 0.25) is 0 Å². The molecule has 0 aromatic heterocycles. The topological polar surface area (TPSA) is 65.0 Å². The van der Waals surface area contributed by atoms with Gasteiger partial charge in [0.25, 0.3) is 0 Å². The van der Waals surface area contributed by atoms with Crippen molar-refractivity contribution in [3.8, 4) is 0 Å². The number of aliphatic hydroxyl groups excluding tert-OH is 1. The number of benzene rings is 1. The molecule has 0 radical (unpaired) electrons. The average molecular weight is 479 g/mol. The van der Waals surface area contributed by atoms with Crippen LogP contribution in [0.25, 0.3) is 0 Å². The van der Waals surface area contributed by atoms with Crippen LogP contribution in [0.4, 0.5) is 0 Å². The average Bonchev–Trinajstić information content (AvgIpc) is 2.80. The second kappa shape index (κ2) is 19.8. The second-order valence-electron chi connectivity index (χ2n) is 10.0. The minimum atomic E-state index is -0.251. The minimum absolute atomic E-state index is 0.00861. The maximum Gasteiger partial charge on any atom is 0.338 e. The highest BCUT2D eigenvalue weighted by molar-refractivity contribution is 5.91. The zero-order valence-corrected chi connectivity index (χ0v) is 22.3. The highest BCUT2D eigenvalue weighted by Crippen LogP contribution is 2.22. The van der Waals surface area contributed by atoms with Crippen LogP contribution in [0.5, 0.6) is 0 Å². The maximum absolute atomic E-state index is 12.9. The van der Waals surface area contributed by atoms with Crippen LogP contribution in [-0.4, -0.2) is 50.7 Å². The lowest BCUT2D eigenvalue weighted by molar-refractivity contribution is 0.00914. The molecule has 5 nitrogen and oxygen atoms in total. The number of esters is 1. The van der Waals surface area contributed by atoms with Gasteiger partial charge in [0, 0.05) is 0 Å². The molecule has 0 bridgehead atoms. The van der Waals surface area contributed by atoms with Crippen LogP contribution in [0, 0.1) is 11.8 Å². The van der Waals surface area contributed by atoms with E-state index in [4.69, 9.17) is 19.3 Å². The van der Waals surface area contributed by atoms with Crippen LogP contribution < -0.4 is 0 Å². The summed E-state index contributed by atoms with van der Waals surface area (Å²) in [7, 11) is 0. The number of aryl methyl sites for hydroxylation is 1. The summed E-state index contributed by atoms with van der Waals surface area (Å²) in [5.41, 5.74) is 3.20. The van der Waals surface area contributed by atoms with E-state index < -0.39 is 0 Å². The summed E-state index contributed by atoms with van der Waals surface area (Å²) in [4.78, 5) is 12.9. The van der Waals surface area contributed by atoms with Gasteiger partial charge in [-0.25, -0.2) is 4.79 Å². The van der Waals surface area contributed by atoms with Crippen LogP contribution in [-0.2, 0) is 27.1 Å². The summed E-state index contributed by atoms with van der Waals surface area (Å²) in [5, 5.41) is 8.69. The van der Waals surface area contributed by atoms with Crippen molar-refractivity contribution in [2.75, 3.05) is 39.6 Å². The number of rotatable bonds is 21. The molecule has 1 rings (SSSR count). The van der Waals surface area contributed by atoms with E-state index in [1.807, 2.05) is 12.1 Å². The predicted molar refractivity (Wildman–Crippen MR) is 139 cm³/mol. The molecule has 0 heterocycles. The fraction of sp³-hybridized carbons (Fsp3) is 0.759. The van der Waals surface area contributed by atoms with Gasteiger partial charge in [-0.1, -0.05) is 78.4 Å². The molecule has 0 amide bonds. The number of unbranched alkanes of at least 4 members (excludes halogenated alkanes) is 4. The van der Waals surface area contributed by atoms with Crippen LogP contribution in [0.15, 0.2) is 18.2 Å². The molecule has 0 aliphatic carbocycles. The lowest BCUT2D eigenvalue weighted by atomic mass is 9.92. The van der Waals surface area contributed by atoms with E-state index in [1.165, 1.54) is 49.7 Å². The summed E-state index contributed by atoms with van der Waals surface area (Å²) < 4.78 is 16.1. The molecule has 1 aromatic carbocycles. The first-order valence-corrected chi connectivity index (χ1v) is 13.5. The molecule has 34 heavy (non-hydrogen) atoms. The van der Waals surface area contributed by atoms with Gasteiger partial charge in [0.2, 0.25) is 0 Å². The van der Waals surface area contributed by atoms with Gasteiger partial charge in [-0.2, -0.15) is 0 Å². The fourth-order valence-electron chi connectivity index (χ4n) is 4.09. The van der Waals surface area contributed by atoms with Crippen molar-refractivity contribution in [2.24, 2.45) is 11.8 Å². The summed E-state index contributed by atoms with van der Waals surface area (Å²) in [6.07, 6.45) is 11.7. The predicted octanol–water partition coefficient (Wildman–Crippen LogP) is 6.39. The first-order valence-electron chi connectivity index (χ1n) is 13.5. The molecule has 0 atom stereocenters. The number of carbonyl (C=O) groups is 1. The maximum atomic E-state index is 12.9. The second-order valence-corrected chi connectivity index (χ2v) is 10.0. The molecule has 0 saturated heterocycles. The zero-order chi connectivity index (χ0) is 25.0. The molecule has 0 fully saturated rings. The van der Waals surface area contributed by atoms with E-state index in [0.29, 0.717) is 26.4 Å². The number of hydrogen-bond acceptors (Lipinski definition) is 5. The molecule has 0 unspecified atom stereocenters. The van der Waals surface area contributed by atoms with Crippen molar-refractivity contribution in [1.29, 1.82) is 0 Å². The number of aliphatic hydroxyl groups is 1. The molecule has 0 saturated carbocycles. The highest BCUT2D eigenvalue weighted by atomic mass is 16.6. The third-order valence-electron chi connectivity index (χ3n) is 6.00. The summed E-state index contributed by atoms with van der Waals surface area (Å²) >= 11 is 0. The van der Waals surface area contributed by atoms with Crippen molar-refractivity contribution in [1.82, 2.24) is 0 Å². The first kappa shape index (κ1) is 30.6. The minimum Gasteiger partial charge on any atom is -0.460 e. The number of carbonyl (C=O) groups excluding carboxylic acids is 1. The summed E-state index contributed by atoms with van der Waals surface area (Å²) in [5.74, 6) is 1.25. The molecular formula is C29H50O5. The monoisotopic (exact) mass is 478 g/mol. The highest BCUT2D eigenvalue weighted by Gasteiger charge is 2.16. The Bertz CT molecular complexity index is 641. The van der Waals surface area contributed by atoms with Crippen LogP contribution >= 0.6 is 0 Å². The Morgan fingerprint density at radius 1 is 0.765 bits per heavy atom. The molecule has 0 spiro atoms. The van der Waals surface area contributed by atoms with Crippen molar-refractivity contribution in [2.45, 2.75) is 91.9 Å². The van der Waals surface area contributed by atoms with Gasteiger partial charge in [-0.3, -0.25) is 0 Å². The van der Waals surface area contributed by atoms with E-state index in [9.17, 15) is 4.79 Å². The third-order valence-corrected chi connectivity index (χ3v) is 6.00. The molecule has 0 aliphatic rings. The van der Waals surface area contributed by atoms with Gasteiger partial charge in [-0.05, 0) is 54.7 Å². The van der Waals surface area contributed by atoms with E-state index >= 15 is 0 Å². The number of ether oxygens (including phenoxy) is 3. The summed E-state index contributed by atoms with van der Waals surface area (Å²) in [6.45, 7) is 10.8. The fourth-order valence-corrected chi connectivity index (χ4v) is 4.09. The van der Waals surface area contributed by atoms with E-state index in [0.717, 1.165) is 43.1 Å². The normalized spacial score (nSPS) is 11.5. The Balaban J connectivity index is 2.63. The lowest BCUT2D eigenvalue weighted by Crippen LogP contribution is -2.15. The molecular weight excluding hydrogens is 428 g/mol. The summed E-state index contributed by atoms with van der Waals surface area (Å²) in [6, 6.07) is 6.10. The Kier molecular flexibility index (Phi) is 17.8. The van der Waals surface area contributed by atoms with Gasteiger partial charge in [0.1, 0.15) is 6.61 Å². The van der Waals surface area contributed by atoms with Gasteiger partial charge in [0.05, 0.1) is 38.6 Å². The number of hydrogen-bond donors (Lipinski definition) is 1. The largest absolute Gasteiger partial charge is 0.460 e. The van der Waals surface area contributed by atoms with Crippen molar-refractivity contribution in [3.05, 3.63) is 34.9 Å². The molecule has 5 heteroatoms. The van der Waals surface area contributed by atoms with E-state index in [2.05, 4.69) is 33.8 Å². The Labute approximate surface area is 208 Å². The standard InChI is InChI=1S/C29H50O5/c1-24(2)12-7-5-9-14-26-15-11-17-28(27(26)16-10-6-8-13-25(3)4)29(31)34-23-22-33-21-20-32-19-18-30/h11,15,17,24-25,30H,5-10,12-14,16,18-23H2,1-4H3. The molecule has 0 aliphatic heterocycles. The molecule has 1 aromatic rings. The zero-order valence-electron chi connectivity index (χ0n) is 22.3. The third kappa shape index (κ3) is 14.7. The quantitative estimate of drug-likeness (QED) is 0.164. The molecule has 196 valence electrons. The van der Waals surface area contributed by atoms with Gasteiger partial charge < -0.3 is 19.3 Å². The van der Waals surface area contributed by atoms with Gasteiger partial charge in [-0.15, -0.1) is 0 Å². The smallest absolute Gasteiger partial charge is 0.338 e. The van der Waals surface area contributed by atoms with Crippen molar-refractivity contribution < 1.29 is 24.1 Å². The van der Waals surface area contributed by atoms with Crippen molar-refractivity contribution >= 4 is 5.97 Å². The Morgan fingerprint density at radius 3 is 1.97 bits per heavy atom. The van der Waals surface area contributed by atoms with Gasteiger partial charge in [0.15, 0.2) is 0 Å². The van der Waals surface area contributed by atoms with Crippen molar-refractivity contribution in [3.63, 3.8) is 0 Å². The first-order chi connectivity index (χ1) is 16.5. The Hall–Kier alpha value is -1.43. The SMILES string of the molecule is CC(C)CCCCCc1cccc(C(=O)OCCOCCOCCO)c1CCCCCC(C)C. The molecule has 1 N–H and O–H groups in total. The van der Waals surface area contributed by atoms with E-state index in [-0.39, 0.29) is 19.2 Å². The lowest BCUT2D eigenvalue weighted by Gasteiger charge is -2.15. The van der Waals surface area contributed by atoms with Gasteiger partial charge >= 0.3 is 5.97 Å². The van der Waals surface area contributed by atoms with E-state index in [1.54, 1.807) is 0 Å². The Morgan fingerprint density at radius 2 is 1.35 bits per heavy atom.